The fourth-order valence-electron chi connectivity index (χ4n) is 3.01. The molecule has 2 rings (SSSR count). The van der Waals surface area contributed by atoms with Crippen LogP contribution in [0.5, 0.6) is 0 Å². The van der Waals surface area contributed by atoms with Gasteiger partial charge < -0.3 is 0 Å². The van der Waals surface area contributed by atoms with Crippen molar-refractivity contribution in [2.24, 2.45) is 5.41 Å². The van der Waals surface area contributed by atoms with Crippen LogP contribution in [0.25, 0.3) is 0 Å². The van der Waals surface area contributed by atoms with Crippen molar-refractivity contribution >= 4 is 0 Å². The van der Waals surface area contributed by atoms with Crippen LogP contribution in [0.2, 0.25) is 0 Å². The van der Waals surface area contributed by atoms with E-state index in [1.165, 1.54) is 30.4 Å². The number of hydrogen-bond donors (Lipinski definition) is 0. The molecular weight excluding hydrogens is 424 g/mol. The minimum atomic E-state index is 0. The number of aryl methyl sites for hydroxylation is 1. The first-order valence-electron chi connectivity index (χ1n) is 8.24. The van der Waals surface area contributed by atoms with E-state index in [2.05, 4.69) is 53.7 Å². The molecule has 0 aromatic heterocycles. The molecule has 0 bridgehead atoms. The van der Waals surface area contributed by atoms with Crippen LogP contribution in [0.15, 0.2) is 6.07 Å². The summed E-state index contributed by atoms with van der Waals surface area (Å²) in [4.78, 5) is 0. The zero-order valence-electron chi connectivity index (χ0n) is 15.3. The number of rotatable bonds is 1. The molecule has 1 aromatic rings. The first-order valence-corrected chi connectivity index (χ1v) is 8.24. The quantitative estimate of drug-likeness (QED) is 0.462. The van der Waals surface area contributed by atoms with Gasteiger partial charge in [-0.1, -0.05) is 74.7 Å². The smallest absolute Gasteiger partial charge is 0 e. The maximum atomic E-state index is 3.69. The van der Waals surface area contributed by atoms with Gasteiger partial charge in [-0.05, 0) is 17.3 Å². The fourth-order valence-corrected chi connectivity index (χ4v) is 3.01. The third kappa shape index (κ3) is 5.90. The second-order valence-corrected chi connectivity index (χ2v) is 8.01. The second kappa shape index (κ2) is 7.96. The molecule has 0 amide bonds. The summed E-state index contributed by atoms with van der Waals surface area (Å²) in [6, 6.07) is 6.12. The van der Waals surface area contributed by atoms with Crippen molar-refractivity contribution in [2.45, 2.75) is 86.5 Å². The van der Waals surface area contributed by atoms with Gasteiger partial charge in [0.2, 0.25) is 0 Å². The summed E-state index contributed by atoms with van der Waals surface area (Å²) in [5.74, 6) is 0. The van der Waals surface area contributed by atoms with E-state index in [0.717, 1.165) is 6.42 Å². The molecule has 120 valence electrons. The van der Waals surface area contributed by atoms with Gasteiger partial charge in [0.25, 0.3) is 0 Å². The summed E-state index contributed by atoms with van der Waals surface area (Å²) in [6.07, 6.45) is 4.93. The van der Waals surface area contributed by atoms with Crippen LogP contribution in [-0.4, -0.2) is 0 Å². The molecule has 0 heterocycles. The Morgan fingerprint density at radius 3 is 2.05 bits per heavy atom. The van der Waals surface area contributed by atoms with Crippen LogP contribution in [-0.2, 0) is 45.7 Å². The van der Waals surface area contributed by atoms with Gasteiger partial charge in [0, 0.05) is 21.1 Å². The molecule has 0 radical (unpaired) electrons. The van der Waals surface area contributed by atoms with Crippen molar-refractivity contribution in [2.75, 3.05) is 0 Å². The predicted molar refractivity (Wildman–Crippen MR) is 90.5 cm³/mol. The topological polar surface area (TPSA) is 0 Å². The van der Waals surface area contributed by atoms with Crippen LogP contribution in [0, 0.1) is 11.5 Å². The zero-order valence-corrected chi connectivity index (χ0v) is 18.2. The van der Waals surface area contributed by atoms with Gasteiger partial charge >= 0.3 is 0 Å². The van der Waals surface area contributed by atoms with Crippen LogP contribution >= 0.6 is 0 Å². The maximum absolute atomic E-state index is 3.69. The Kier molecular flexibility index (Phi) is 7.92. The minimum absolute atomic E-state index is 0. The summed E-state index contributed by atoms with van der Waals surface area (Å²) in [5, 5.41) is 0. The summed E-state index contributed by atoms with van der Waals surface area (Å²) in [7, 11) is 0. The van der Waals surface area contributed by atoms with Crippen molar-refractivity contribution < 1.29 is 21.1 Å². The second-order valence-electron chi connectivity index (χ2n) is 8.01. The molecule has 1 aliphatic carbocycles. The van der Waals surface area contributed by atoms with Crippen molar-refractivity contribution in [3.05, 3.63) is 34.4 Å². The summed E-state index contributed by atoms with van der Waals surface area (Å²) >= 11 is 0. The van der Waals surface area contributed by atoms with Gasteiger partial charge in [-0.3, -0.25) is 0 Å². The van der Waals surface area contributed by atoms with Crippen LogP contribution in [0.4, 0.5) is 0 Å². The molecule has 0 fully saturated rings. The third-order valence-electron chi connectivity index (χ3n) is 3.70. The monoisotopic (exact) mass is 457 g/mol. The Hall–Kier alpha value is -0.0917. The molecule has 0 aliphatic heterocycles. The molecule has 0 spiro atoms. The number of hydrogen-bond acceptors (Lipinski definition) is 0. The minimum Gasteiger partial charge on any atom is -0.177 e. The summed E-state index contributed by atoms with van der Waals surface area (Å²) < 4.78 is 0. The molecule has 0 nitrogen and oxygen atoms in total. The largest absolute Gasteiger partial charge is 0.177 e. The van der Waals surface area contributed by atoms with E-state index < -0.39 is 0 Å². The van der Waals surface area contributed by atoms with Gasteiger partial charge in [-0.2, -0.15) is 23.3 Å². The van der Waals surface area contributed by atoms with E-state index in [-0.39, 0.29) is 26.5 Å². The van der Waals surface area contributed by atoms with Gasteiger partial charge in [0.05, 0.1) is 0 Å². The zero-order chi connectivity index (χ0) is 15.6. The number of benzene rings is 1. The Balaban J connectivity index is 0.00000128. The average Bonchev–Trinajstić information content (AvgIpc) is 2.75. The Morgan fingerprint density at radius 1 is 1.00 bits per heavy atom. The molecular formula is C20H33W-. The third-order valence-corrected chi connectivity index (χ3v) is 3.70. The van der Waals surface area contributed by atoms with E-state index in [9.17, 15) is 0 Å². The predicted octanol–water partition coefficient (Wildman–Crippen LogP) is 5.89. The Bertz CT molecular complexity index is 444. The standard InChI is InChI=1S/C18H27.C2H6.W/c1-17(2,3)12-13-10-14-8-7-9-15(14)16(11-13)18(4,5)6;1-2;/h11H,7-9,12H2,1-6H3;1-2H3;/q-1;;. The van der Waals surface area contributed by atoms with E-state index >= 15 is 0 Å². The fraction of sp³-hybridized carbons (Fsp3) is 0.700. The summed E-state index contributed by atoms with van der Waals surface area (Å²) in [6.45, 7) is 17.9. The Labute approximate surface area is 147 Å². The van der Waals surface area contributed by atoms with E-state index in [0.29, 0.717) is 5.41 Å². The molecule has 1 aliphatic rings. The van der Waals surface area contributed by atoms with Gasteiger partial charge in [-0.15, -0.1) is 11.1 Å². The molecule has 0 N–H and O–H groups in total. The van der Waals surface area contributed by atoms with Crippen LogP contribution in [0.1, 0.15) is 84.1 Å². The molecule has 0 saturated heterocycles. The van der Waals surface area contributed by atoms with E-state index in [4.69, 9.17) is 0 Å². The number of fused-ring (bicyclic) bond motifs is 1. The van der Waals surface area contributed by atoms with Crippen LogP contribution in [0.3, 0.4) is 0 Å². The first-order chi connectivity index (χ1) is 9.17. The van der Waals surface area contributed by atoms with Gasteiger partial charge in [0.15, 0.2) is 0 Å². The van der Waals surface area contributed by atoms with Gasteiger partial charge in [-0.25, -0.2) is 0 Å². The van der Waals surface area contributed by atoms with Crippen molar-refractivity contribution in [1.82, 2.24) is 0 Å². The van der Waals surface area contributed by atoms with E-state index in [1.54, 1.807) is 11.1 Å². The summed E-state index contributed by atoms with van der Waals surface area (Å²) in [5.41, 5.74) is 6.68. The van der Waals surface area contributed by atoms with E-state index in [1.807, 2.05) is 13.8 Å². The molecule has 0 atom stereocenters. The van der Waals surface area contributed by atoms with Crippen LogP contribution < -0.4 is 0 Å². The normalized spacial score (nSPS) is 13.9. The molecule has 1 aromatic carbocycles. The van der Waals surface area contributed by atoms with Crippen molar-refractivity contribution in [3.8, 4) is 0 Å². The molecule has 1 heteroatoms. The van der Waals surface area contributed by atoms with Gasteiger partial charge in [0.1, 0.15) is 0 Å². The average molecular weight is 457 g/mol. The SMILES string of the molecule is CC.CC(C)(C)Cc1[c-]c2c(c(C(C)(C)C)c1)CCC2.[W]. The Morgan fingerprint density at radius 2 is 1.57 bits per heavy atom. The molecule has 0 unspecified atom stereocenters. The van der Waals surface area contributed by atoms with Crippen molar-refractivity contribution in [1.29, 1.82) is 0 Å². The first kappa shape index (κ1) is 20.9. The van der Waals surface area contributed by atoms with Crippen molar-refractivity contribution in [3.63, 3.8) is 0 Å². The molecule has 21 heavy (non-hydrogen) atoms. The maximum Gasteiger partial charge on any atom is 0 e. The molecule has 0 saturated carbocycles.